The molecule has 0 aliphatic heterocycles. The molecule has 4 heteroatoms. The average molecular weight is 259 g/mol. The van der Waals surface area contributed by atoms with Crippen LogP contribution in [0.25, 0.3) is 0 Å². The molecule has 1 aliphatic rings. The molecule has 0 saturated carbocycles. The van der Waals surface area contributed by atoms with Gasteiger partial charge in [-0.15, -0.1) is 0 Å². The SMILES string of the molecule is CN(CC(C)(C)O)c1nc2c(cc1C#N)CCCC2. The molecule has 0 aromatic carbocycles. The molecule has 1 heterocycles. The molecule has 1 N–H and O–H groups in total. The molecule has 1 aromatic heterocycles. The molecule has 0 amide bonds. The van der Waals surface area contributed by atoms with Crippen LogP contribution in [-0.2, 0) is 12.8 Å². The molecule has 0 saturated heterocycles. The number of aryl methyl sites for hydroxylation is 2. The molecule has 2 rings (SSSR count). The highest BCUT2D eigenvalue weighted by Crippen LogP contribution is 2.26. The minimum Gasteiger partial charge on any atom is -0.389 e. The van der Waals surface area contributed by atoms with E-state index in [4.69, 9.17) is 0 Å². The number of rotatable bonds is 3. The van der Waals surface area contributed by atoms with Crippen molar-refractivity contribution in [2.75, 3.05) is 18.5 Å². The Hall–Kier alpha value is -1.60. The summed E-state index contributed by atoms with van der Waals surface area (Å²) in [5.74, 6) is 0.685. The van der Waals surface area contributed by atoms with E-state index in [9.17, 15) is 10.4 Å². The zero-order valence-corrected chi connectivity index (χ0v) is 11.9. The molecule has 1 aliphatic carbocycles. The summed E-state index contributed by atoms with van der Waals surface area (Å²) in [5.41, 5.74) is 2.12. The predicted octanol–water partition coefficient (Wildman–Crippen LogP) is 2.04. The van der Waals surface area contributed by atoms with Gasteiger partial charge in [0.2, 0.25) is 0 Å². The smallest absolute Gasteiger partial charge is 0.146 e. The Labute approximate surface area is 114 Å². The number of likely N-dealkylation sites (N-methyl/N-ethyl adjacent to an activating group) is 1. The van der Waals surface area contributed by atoms with E-state index in [1.165, 1.54) is 18.4 Å². The van der Waals surface area contributed by atoms with Gasteiger partial charge in [0.1, 0.15) is 11.9 Å². The summed E-state index contributed by atoms with van der Waals surface area (Å²) in [6, 6.07) is 4.20. The van der Waals surface area contributed by atoms with Gasteiger partial charge in [-0.3, -0.25) is 0 Å². The lowest BCUT2D eigenvalue weighted by molar-refractivity contribution is 0.0884. The molecule has 19 heavy (non-hydrogen) atoms. The first-order chi connectivity index (χ1) is 8.90. The van der Waals surface area contributed by atoms with Crippen LogP contribution in [0.5, 0.6) is 0 Å². The minimum atomic E-state index is -0.806. The standard InChI is InChI=1S/C15H21N3O/c1-15(2,19)10-18(3)14-12(9-16)8-11-6-4-5-7-13(11)17-14/h8,19H,4-7,10H2,1-3H3. The Bertz CT molecular complexity index is 511. The molecule has 1 aromatic rings. The number of nitrogens with zero attached hydrogens (tertiary/aromatic N) is 3. The Morgan fingerprint density at radius 3 is 2.74 bits per heavy atom. The van der Waals surface area contributed by atoms with Crippen LogP contribution < -0.4 is 4.90 Å². The molecular formula is C15H21N3O. The lowest BCUT2D eigenvalue weighted by Crippen LogP contribution is -2.37. The molecule has 102 valence electrons. The van der Waals surface area contributed by atoms with E-state index in [1.54, 1.807) is 13.8 Å². The number of pyridine rings is 1. The van der Waals surface area contributed by atoms with E-state index in [1.807, 2.05) is 18.0 Å². The number of aliphatic hydroxyl groups is 1. The van der Waals surface area contributed by atoms with Gasteiger partial charge in [-0.25, -0.2) is 4.98 Å². The van der Waals surface area contributed by atoms with Crippen LogP contribution >= 0.6 is 0 Å². The van der Waals surface area contributed by atoms with Crippen LogP contribution in [0, 0.1) is 11.3 Å². The zero-order valence-electron chi connectivity index (χ0n) is 11.9. The highest BCUT2D eigenvalue weighted by molar-refractivity contribution is 5.56. The van der Waals surface area contributed by atoms with Crippen molar-refractivity contribution in [1.29, 1.82) is 5.26 Å². The highest BCUT2D eigenvalue weighted by Gasteiger charge is 2.21. The number of fused-ring (bicyclic) bond motifs is 1. The van der Waals surface area contributed by atoms with Gasteiger partial charge in [0.25, 0.3) is 0 Å². The summed E-state index contributed by atoms with van der Waals surface area (Å²) in [6.07, 6.45) is 4.36. The second-order valence-electron chi connectivity index (χ2n) is 5.95. The Morgan fingerprint density at radius 2 is 2.11 bits per heavy atom. The maximum Gasteiger partial charge on any atom is 0.146 e. The number of aromatic nitrogens is 1. The summed E-state index contributed by atoms with van der Waals surface area (Å²) < 4.78 is 0. The first kappa shape index (κ1) is 13.8. The van der Waals surface area contributed by atoms with E-state index in [2.05, 4.69) is 11.1 Å². The van der Waals surface area contributed by atoms with Gasteiger partial charge in [-0.2, -0.15) is 5.26 Å². The molecule has 0 bridgehead atoms. The van der Waals surface area contributed by atoms with Crippen LogP contribution in [0.2, 0.25) is 0 Å². The third-order valence-corrected chi connectivity index (χ3v) is 3.39. The molecule has 0 atom stereocenters. The fraction of sp³-hybridized carbons (Fsp3) is 0.600. The highest BCUT2D eigenvalue weighted by atomic mass is 16.3. The van der Waals surface area contributed by atoms with Crippen molar-refractivity contribution < 1.29 is 5.11 Å². The molecular weight excluding hydrogens is 238 g/mol. The second-order valence-corrected chi connectivity index (χ2v) is 5.95. The third-order valence-electron chi connectivity index (χ3n) is 3.39. The lowest BCUT2D eigenvalue weighted by atomic mass is 9.95. The van der Waals surface area contributed by atoms with Gasteiger partial charge in [0.05, 0.1) is 11.2 Å². The van der Waals surface area contributed by atoms with E-state index in [0.717, 1.165) is 18.5 Å². The van der Waals surface area contributed by atoms with E-state index in [-0.39, 0.29) is 0 Å². The molecule has 0 radical (unpaired) electrons. The zero-order chi connectivity index (χ0) is 14.0. The molecule has 0 unspecified atom stereocenters. The number of nitriles is 1. The van der Waals surface area contributed by atoms with Crippen molar-refractivity contribution in [3.63, 3.8) is 0 Å². The average Bonchev–Trinajstić information content (AvgIpc) is 2.35. The van der Waals surface area contributed by atoms with Crippen molar-refractivity contribution in [2.45, 2.75) is 45.1 Å². The molecule has 0 fully saturated rings. The van der Waals surface area contributed by atoms with Gasteiger partial charge in [-0.1, -0.05) is 0 Å². The van der Waals surface area contributed by atoms with Crippen LogP contribution in [0.1, 0.15) is 43.5 Å². The predicted molar refractivity (Wildman–Crippen MR) is 75.2 cm³/mol. The van der Waals surface area contributed by atoms with Crippen molar-refractivity contribution in [3.05, 3.63) is 22.9 Å². The number of hydrogen-bond acceptors (Lipinski definition) is 4. The number of hydrogen-bond donors (Lipinski definition) is 1. The second kappa shape index (κ2) is 5.18. The van der Waals surface area contributed by atoms with Gasteiger partial charge in [0, 0.05) is 19.3 Å². The minimum absolute atomic E-state index is 0.452. The summed E-state index contributed by atoms with van der Waals surface area (Å²) in [6.45, 7) is 3.97. The fourth-order valence-electron chi connectivity index (χ4n) is 2.65. The Morgan fingerprint density at radius 1 is 1.42 bits per heavy atom. The van der Waals surface area contributed by atoms with Gasteiger partial charge < -0.3 is 10.0 Å². The van der Waals surface area contributed by atoms with Crippen LogP contribution in [0.4, 0.5) is 5.82 Å². The fourth-order valence-corrected chi connectivity index (χ4v) is 2.65. The monoisotopic (exact) mass is 259 g/mol. The van der Waals surface area contributed by atoms with Crippen LogP contribution in [-0.4, -0.2) is 29.3 Å². The Kier molecular flexibility index (Phi) is 3.77. The summed E-state index contributed by atoms with van der Waals surface area (Å²) >= 11 is 0. The summed E-state index contributed by atoms with van der Waals surface area (Å²) in [5, 5.41) is 19.2. The lowest BCUT2D eigenvalue weighted by Gasteiger charge is -2.28. The first-order valence-electron chi connectivity index (χ1n) is 6.77. The van der Waals surface area contributed by atoms with Crippen molar-refractivity contribution in [2.24, 2.45) is 0 Å². The van der Waals surface area contributed by atoms with Gasteiger partial charge >= 0.3 is 0 Å². The van der Waals surface area contributed by atoms with Crippen LogP contribution in [0.15, 0.2) is 6.07 Å². The summed E-state index contributed by atoms with van der Waals surface area (Å²) in [4.78, 5) is 6.53. The van der Waals surface area contributed by atoms with E-state index < -0.39 is 5.60 Å². The topological polar surface area (TPSA) is 60.1 Å². The van der Waals surface area contributed by atoms with Crippen molar-refractivity contribution in [3.8, 4) is 6.07 Å². The Balaban J connectivity index is 2.36. The van der Waals surface area contributed by atoms with Crippen LogP contribution in [0.3, 0.4) is 0 Å². The first-order valence-corrected chi connectivity index (χ1v) is 6.77. The maximum absolute atomic E-state index is 9.90. The quantitative estimate of drug-likeness (QED) is 0.902. The van der Waals surface area contributed by atoms with Crippen molar-refractivity contribution in [1.82, 2.24) is 4.98 Å². The number of anilines is 1. The van der Waals surface area contributed by atoms with Crippen molar-refractivity contribution >= 4 is 5.82 Å². The van der Waals surface area contributed by atoms with Gasteiger partial charge in [-0.05, 0) is 51.2 Å². The summed E-state index contributed by atoms with van der Waals surface area (Å²) in [7, 11) is 1.87. The van der Waals surface area contributed by atoms with E-state index >= 15 is 0 Å². The van der Waals surface area contributed by atoms with Gasteiger partial charge in [0.15, 0.2) is 0 Å². The molecule has 4 nitrogen and oxygen atoms in total. The normalized spacial score (nSPS) is 14.7. The van der Waals surface area contributed by atoms with E-state index in [0.29, 0.717) is 17.9 Å². The third kappa shape index (κ3) is 3.24. The largest absolute Gasteiger partial charge is 0.389 e. The maximum atomic E-state index is 9.90. The molecule has 0 spiro atoms.